The Morgan fingerprint density at radius 3 is 2.77 bits per heavy atom. The highest BCUT2D eigenvalue weighted by molar-refractivity contribution is 9.10. The quantitative estimate of drug-likeness (QED) is 0.494. The minimum Gasteiger partial charge on any atom is -0.496 e. The number of carbonyl (C=O) groups is 1. The van der Waals surface area contributed by atoms with Gasteiger partial charge in [0.15, 0.2) is 0 Å². The average Bonchev–Trinajstić information content (AvgIpc) is 2.71. The molecule has 1 amide bonds. The minimum absolute atomic E-state index is 0.0117. The van der Waals surface area contributed by atoms with Crippen LogP contribution in [0.1, 0.15) is 31.2 Å². The molecule has 0 bridgehead atoms. The zero-order chi connectivity index (χ0) is 21.7. The number of hydrogen-bond acceptors (Lipinski definition) is 4. The van der Waals surface area contributed by atoms with Crippen molar-refractivity contribution in [1.29, 1.82) is 0 Å². The van der Waals surface area contributed by atoms with Gasteiger partial charge in [0.2, 0.25) is 5.91 Å². The summed E-state index contributed by atoms with van der Waals surface area (Å²) in [6.07, 6.45) is 1.78. The van der Waals surface area contributed by atoms with Gasteiger partial charge in [-0.1, -0.05) is 24.6 Å². The number of nitrogens with zero attached hydrogens (tertiary/aromatic N) is 2. The molecular formula is C22H23BrClN3O3. The highest BCUT2D eigenvalue weighted by atomic mass is 79.9. The number of amides is 1. The highest BCUT2D eigenvalue weighted by Gasteiger charge is 2.16. The summed E-state index contributed by atoms with van der Waals surface area (Å²) in [4.78, 5) is 34.2. The molecule has 0 saturated heterocycles. The number of ether oxygens (including phenoxy) is 1. The van der Waals surface area contributed by atoms with Crippen LogP contribution in [0.5, 0.6) is 5.75 Å². The lowest BCUT2D eigenvalue weighted by Crippen LogP contribution is -2.33. The topological polar surface area (TPSA) is 75.3 Å². The molecule has 0 radical (unpaired) electrons. The Kier molecular flexibility index (Phi) is 7.50. The van der Waals surface area contributed by atoms with Crippen LogP contribution in [-0.2, 0) is 17.8 Å². The second-order valence-corrected chi connectivity index (χ2v) is 8.25. The van der Waals surface area contributed by atoms with Gasteiger partial charge in [-0.2, -0.15) is 0 Å². The van der Waals surface area contributed by atoms with Gasteiger partial charge in [0.1, 0.15) is 11.6 Å². The molecule has 0 spiro atoms. The highest BCUT2D eigenvalue weighted by Crippen LogP contribution is 2.26. The molecule has 158 valence electrons. The van der Waals surface area contributed by atoms with E-state index in [4.69, 9.17) is 16.3 Å². The third-order valence-corrected chi connectivity index (χ3v) is 5.60. The minimum atomic E-state index is -0.237. The summed E-state index contributed by atoms with van der Waals surface area (Å²) >= 11 is 9.50. The molecule has 2 aromatic carbocycles. The Morgan fingerprint density at radius 1 is 1.27 bits per heavy atom. The monoisotopic (exact) mass is 491 g/mol. The number of carbonyl (C=O) groups excluding carboxylic acids is 1. The molecule has 1 heterocycles. The summed E-state index contributed by atoms with van der Waals surface area (Å²) in [5.74, 6) is 1.21. The van der Waals surface area contributed by atoms with Gasteiger partial charge in [-0.15, -0.1) is 0 Å². The van der Waals surface area contributed by atoms with Crippen molar-refractivity contribution in [2.75, 3.05) is 13.7 Å². The zero-order valence-corrected chi connectivity index (χ0v) is 19.2. The van der Waals surface area contributed by atoms with Gasteiger partial charge in [0.05, 0.1) is 29.0 Å². The number of hydrogen-bond donors (Lipinski definition) is 1. The van der Waals surface area contributed by atoms with Gasteiger partial charge in [0.25, 0.3) is 5.56 Å². The summed E-state index contributed by atoms with van der Waals surface area (Å²) in [6.45, 7) is 2.84. The molecule has 3 rings (SSSR count). The van der Waals surface area contributed by atoms with Gasteiger partial charge in [0, 0.05) is 18.0 Å². The molecule has 30 heavy (non-hydrogen) atoms. The molecule has 1 N–H and O–H groups in total. The maximum Gasteiger partial charge on any atom is 0.258 e. The molecule has 3 aromatic rings. The molecule has 8 heteroatoms. The Labute approximate surface area is 188 Å². The molecule has 0 unspecified atom stereocenters. The zero-order valence-electron chi connectivity index (χ0n) is 16.9. The SMILES string of the molecule is CCCN(Cc1nc2cc(Cl)ccc2c(=O)[nH]1)C(=O)CCc1ccc(OC)c(Br)c1. The molecule has 0 aliphatic heterocycles. The lowest BCUT2D eigenvalue weighted by molar-refractivity contribution is -0.131. The van der Waals surface area contributed by atoms with E-state index in [1.807, 2.05) is 25.1 Å². The van der Waals surface area contributed by atoms with Crippen molar-refractivity contribution in [2.45, 2.75) is 32.7 Å². The number of aryl methyl sites for hydroxylation is 1. The van der Waals surface area contributed by atoms with E-state index in [9.17, 15) is 9.59 Å². The van der Waals surface area contributed by atoms with Crippen LogP contribution in [-0.4, -0.2) is 34.4 Å². The first-order chi connectivity index (χ1) is 14.4. The molecule has 0 fully saturated rings. The van der Waals surface area contributed by atoms with E-state index in [-0.39, 0.29) is 18.0 Å². The average molecular weight is 493 g/mol. The fourth-order valence-corrected chi connectivity index (χ4v) is 4.01. The number of rotatable bonds is 8. The Morgan fingerprint density at radius 2 is 2.07 bits per heavy atom. The van der Waals surface area contributed by atoms with Crippen LogP contribution < -0.4 is 10.3 Å². The van der Waals surface area contributed by atoms with Crippen molar-refractivity contribution < 1.29 is 9.53 Å². The van der Waals surface area contributed by atoms with Gasteiger partial charge in [-0.3, -0.25) is 9.59 Å². The van der Waals surface area contributed by atoms with Crippen molar-refractivity contribution in [3.8, 4) is 5.75 Å². The van der Waals surface area contributed by atoms with E-state index in [2.05, 4.69) is 25.9 Å². The van der Waals surface area contributed by atoms with E-state index in [1.165, 1.54) is 0 Å². The summed E-state index contributed by atoms with van der Waals surface area (Å²) in [7, 11) is 1.62. The van der Waals surface area contributed by atoms with E-state index in [0.29, 0.717) is 41.1 Å². The number of benzene rings is 2. The molecule has 1 aromatic heterocycles. The van der Waals surface area contributed by atoms with Crippen LogP contribution in [0.25, 0.3) is 10.9 Å². The molecule has 0 atom stereocenters. The lowest BCUT2D eigenvalue weighted by Gasteiger charge is -2.22. The van der Waals surface area contributed by atoms with Crippen LogP contribution in [0.2, 0.25) is 5.02 Å². The molecule has 0 saturated carbocycles. The summed E-state index contributed by atoms with van der Waals surface area (Å²) < 4.78 is 6.10. The number of aromatic nitrogens is 2. The predicted octanol–water partition coefficient (Wildman–Crippen LogP) is 4.72. The Hall–Kier alpha value is -2.38. The molecule has 6 nitrogen and oxygen atoms in total. The Bertz CT molecular complexity index is 1120. The van der Waals surface area contributed by atoms with Gasteiger partial charge in [-0.25, -0.2) is 4.98 Å². The van der Waals surface area contributed by atoms with Crippen LogP contribution >= 0.6 is 27.5 Å². The fraction of sp³-hybridized carbons (Fsp3) is 0.318. The van der Waals surface area contributed by atoms with Gasteiger partial charge < -0.3 is 14.6 Å². The first-order valence-electron chi connectivity index (χ1n) is 9.70. The van der Waals surface area contributed by atoms with Crippen LogP contribution in [0.4, 0.5) is 0 Å². The number of fused-ring (bicyclic) bond motifs is 1. The van der Waals surface area contributed by atoms with Gasteiger partial charge >= 0.3 is 0 Å². The standard InChI is InChI=1S/C22H23BrClN3O3/c1-3-10-27(21(28)9-5-14-4-8-19(30-2)17(23)11-14)13-20-25-18-12-15(24)6-7-16(18)22(29)26-20/h4,6-8,11-12H,3,5,9-10,13H2,1-2H3,(H,25,26,29). The number of nitrogens with one attached hydrogen (secondary N) is 1. The number of methoxy groups -OCH3 is 1. The summed E-state index contributed by atoms with van der Waals surface area (Å²) in [5.41, 5.74) is 1.33. The number of aromatic amines is 1. The summed E-state index contributed by atoms with van der Waals surface area (Å²) in [5, 5.41) is 0.986. The maximum atomic E-state index is 12.9. The van der Waals surface area contributed by atoms with Crippen molar-refractivity contribution in [2.24, 2.45) is 0 Å². The van der Waals surface area contributed by atoms with Gasteiger partial charge in [-0.05, 0) is 64.7 Å². The molecule has 0 aliphatic rings. The van der Waals surface area contributed by atoms with Crippen molar-refractivity contribution >= 4 is 44.3 Å². The number of halogens is 2. The first kappa shape index (κ1) is 22.3. The summed E-state index contributed by atoms with van der Waals surface area (Å²) in [6, 6.07) is 10.8. The second-order valence-electron chi connectivity index (χ2n) is 6.96. The normalized spacial score (nSPS) is 10.9. The first-order valence-corrected chi connectivity index (χ1v) is 10.9. The van der Waals surface area contributed by atoms with E-state index >= 15 is 0 Å². The van der Waals surface area contributed by atoms with Crippen LogP contribution in [0.3, 0.4) is 0 Å². The Balaban J connectivity index is 1.73. The van der Waals surface area contributed by atoms with Crippen LogP contribution in [0, 0.1) is 0 Å². The smallest absolute Gasteiger partial charge is 0.258 e. The molecular weight excluding hydrogens is 470 g/mol. The van der Waals surface area contributed by atoms with E-state index in [0.717, 1.165) is 22.2 Å². The fourth-order valence-electron chi connectivity index (χ4n) is 3.25. The van der Waals surface area contributed by atoms with E-state index < -0.39 is 0 Å². The lowest BCUT2D eigenvalue weighted by atomic mass is 10.1. The van der Waals surface area contributed by atoms with Crippen molar-refractivity contribution in [3.63, 3.8) is 0 Å². The van der Waals surface area contributed by atoms with Crippen molar-refractivity contribution in [3.05, 3.63) is 67.6 Å². The van der Waals surface area contributed by atoms with E-state index in [1.54, 1.807) is 30.2 Å². The van der Waals surface area contributed by atoms with Crippen LogP contribution in [0.15, 0.2) is 45.7 Å². The number of H-pyrrole nitrogens is 1. The van der Waals surface area contributed by atoms with Crippen molar-refractivity contribution in [1.82, 2.24) is 14.9 Å². The maximum absolute atomic E-state index is 12.9. The second kappa shape index (κ2) is 10.1. The molecule has 0 aliphatic carbocycles. The largest absolute Gasteiger partial charge is 0.496 e. The predicted molar refractivity (Wildman–Crippen MR) is 122 cm³/mol. The third-order valence-electron chi connectivity index (χ3n) is 4.75. The third kappa shape index (κ3) is 5.40.